The molecule has 1 rings (SSSR count). The quantitative estimate of drug-likeness (QED) is 0.617. The summed E-state index contributed by atoms with van der Waals surface area (Å²) in [5.74, 6) is 0. The van der Waals surface area contributed by atoms with Crippen LogP contribution in [0.2, 0.25) is 15.1 Å². The maximum atomic E-state index is 11.8. The standard InChI is InChI=1S/C11H11Cl3F3NO/c12-8-1-2-9(13)10(14)7(8)5-18-3-4-19-6-11(15,16)17/h1-2,18H,3-6H2. The van der Waals surface area contributed by atoms with Crippen LogP contribution in [0.3, 0.4) is 0 Å². The number of alkyl halides is 3. The molecule has 0 unspecified atom stereocenters. The van der Waals surface area contributed by atoms with Gasteiger partial charge in [0.25, 0.3) is 0 Å². The van der Waals surface area contributed by atoms with Crippen LogP contribution in [0.1, 0.15) is 5.56 Å². The average molecular weight is 337 g/mol. The lowest BCUT2D eigenvalue weighted by Gasteiger charge is -2.11. The smallest absolute Gasteiger partial charge is 0.371 e. The average Bonchev–Trinajstić information content (AvgIpc) is 2.31. The lowest BCUT2D eigenvalue weighted by Crippen LogP contribution is -2.23. The molecule has 0 amide bonds. The molecular formula is C11H11Cl3F3NO. The normalized spacial score (nSPS) is 11.9. The van der Waals surface area contributed by atoms with Gasteiger partial charge in [0, 0.05) is 23.7 Å². The second-order valence-corrected chi connectivity index (χ2v) is 4.86. The first-order valence-electron chi connectivity index (χ1n) is 5.29. The van der Waals surface area contributed by atoms with Crippen LogP contribution in [0.15, 0.2) is 12.1 Å². The monoisotopic (exact) mass is 335 g/mol. The molecule has 0 fully saturated rings. The third kappa shape index (κ3) is 6.19. The fraction of sp³-hybridized carbons (Fsp3) is 0.455. The number of ether oxygens (including phenoxy) is 1. The fourth-order valence-electron chi connectivity index (χ4n) is 1.28. The maximum absolute atomic E-state index is 11.8. The Morgan fingerprint density at radius 1 is 1.11 bits per heavy atom. The van der Waals surface area contributed by atoms with Crippen LogP contribution in [0.4, 0.5) is 13.2 Å². The van der Waals surface area contributed by atoms with Crippen molar-refractivity contribution in [2.45, 2.75) is 12.7 Å². The number of halogens is 6. The molecule has 0 aliphatic rings. The SMILES string of the molecule is FC(F)(F)COCCNCc1c(Cl)ccc(Cl)c1Cl. The summed E-state index contributed by atoms with van der Waals surface area (Å²) in [6.07, 6.45) is -4.31. The Balaban J connectivity index is 2.32. The fourth-order valence-corrected chi connectivity index (χ4v) is 1.96. The second kappa shape index (κ2) is 7.55. The number of benzene rings is 1. The van der Waals surface area contributed by atoms with Crippen LogP contribution in [-0.4, -0.2) is 25.9 Å². The summed E-state index contributed by atoms with van der Waals surface area (Å²) < 4.78 is 39.8. The minimum Gasteiger partial charge on any atom is -0.371 e. The number of rotatable bonds is 6. The summed E-state index contributed by atoms with van der Waals surface area (Å²) in [6.45, 7) is -0.772. The van der Waals surface area contributed by atoms with Gasteiger partial charge in [0.05, 0.1) is 16.7 Å². The van der Waals surface area contributed by atoms with Gasteiger partial charge in [-0.05, 0) is 12.1 Å². The molecule has 0 saturated carbocycles. The highest BCUT2D eigenvalue weighted by Gasteiger charge is 2.27. The second-order valence-electron chi connectivity index (χ2n) is 3.67. The summed E-state index contributed by atoms with van der Waals surface area (Å²) in [5, 5.41) is 4.02. The van der Waals surface area contributed by atoms with Crippen LogP contribution in [0, 0.1) is 0 Å². The molecule has 0 aliphatic carbocycles. The van der Waals surface area contributed by atoms with Gasteiger partial charge in [0.2, 0.25) is 0 Å². The summed E-state index contributed by atoms with van der Waals surface area (Å²) in [6, 6.07) is 3.18. The predicted octanol–water partition coefficient (Wildman–Crippen LogP) is 4.32. The largest absolute Gasteiger partial charge is 0.411 e. The van der Waals surface area contributed by atoms with Gasteiger partial charge < -0.3 is 10.1 Å². The van der Waals surface area contributed by atoms with E-state index in [-0.39, 0.29) is 13.2 Å². The topological polar surface area (TPSA) is 21.3 Å². The van der Waals surface area contributed by atoms with Crippen LogP contribution < -0.4 is 5.32 Å². The van der Waals surface area contributed by atoms with Crippen molar-refractivity contribution < 1.29 is 17.9 Å². The Bertz CT molecular complexity index is 426. The van der Waals surface area contributed by atoms with Gasteiger partial charge in [-0.15, -0.1) is 0 Å². The third-order valence-electron chi connectivity index (χ3n) is 2.13. The Morgan fingerprint density at radius 2 is 1.74 bits per heavy atom. The lowest BCUT2D eigenvalue weighted by atomic mass is 10.2. The molecule has 1 N–H and O–H groups in total. The van der Waals surface area contributed by atoms with Crippen LogP contribution in [0.5, 0.6) is 0 Å². The zero-order valence-corrected chi connectivity index (χ0v) is 11.9. The van der Waals surface area contributed by atoms with Crippen molar-refractivity contribution in [2.75, 3.05) is 19.8 Å². The lowest BCUT2D eigenvalue weighted by molar-refractivity contribution is -0.173. The first-order chi connectivity index (χ1) is 8.81. The minimum absolute atomic E-state index is 0.0602. The van der Waals surface area contributed by atoms with E-state index in [1.807, 2.05) is 0 Å². The van der Waals surface area contributed by atoms with Crippen molar-refractivity contribution in [3.8, 4) is 0 Å². The third-order valence-corrected chi connectivity index (χ3v) is 3.33. The Labute approximate surface area is 123 Å². The molecule has 1 aromatic carbocycles. The molecule has 0 saturated heterocycles. The van der Waals surface area contributed by atoms with Crippen LogP contribution in [0.25, 0.3) is 0 Å². The van der Waals surface area contributed by atoms with Gasteiger partial charge in [0.1, 0.15) is 6.61 Å². The molecule has 0 spiro atoms. The first-order valence-corrected chi connectivity index (χ1v) is 6.42. The molecule has 2 nitrogen and oxygen atoms in total. The maximum Gasteiger partial charge on any atom is 0.411 e. The number of hydrogen-bond acceptors (Lipinski definition) is 2. The zero-order valence-electron chi connectivity index (χ0n) is 9.66. The van der Waals surface area contributed by atoms with Crippen LogP contribution in [-0.2, 0) is 11.3 Å². The molecule has 0 aliphatic heterocycles. The Hall–Kier alpha value is -0.200. The van der Waals surface area contributed by atoms with Gasteiger partial charge in [-0.1, -0.05) is 34.8 Å². The Morgan fingerprint density at radius 3 is 2.37 bits per heavy atom. The van der Waals surface area contributed by atoms with E-state index in [2.05, 4.69) is 10.1 Å². The van der Waals surface area contributed by atoms with Gasteiger partial charge in [-0.2, -0.15) is 13.2 Å². The van der Waals surface area contributed by atoms with E-state index in [0.29, 0.717) is 27.2 Å². The van der Waals surface area contributed by atoms with Crippen molar-refractivity contribution in [2.24, 2.45) is 0 Å². The molecule has 0 bridgehead atoms. The van der Waals surface area contributed by atoms with Crippen molar-refractivity contribution >= 4 is 34.8 Å². The zero-order chi connectivity index (χ0) is 14.5. The van der Waals surface area contributed by atoms with E-state index in [1.165, 1.54) is 0 Å². The molecular weight excluding hydrogens is 325 g/mol. The van der Waals surface area contributed by atoms with Crippen molar-refractivity contribution in [3.05, 3.63) is 32.8 Å². The molecule has 0 atom stereocenters. The van der Waals surface area contributed by atoms with E-state index >= 15 is 0 Å². The highest BCUT2D eigenvalue weighted by atomic mass is 35.5. The number of nitrogens with one attached hydrogen (secondary N) is 1. The van der Waals surface area contributed by atoms with Crippen molar-refractivity contribution in [1.29, 1.82) is 0 Å². The van der Waals surface area contributed by atoms with E-state index in [0.717, 1.165) is 0 Å². The van der Waals surface area contributed by atoms with Crippen molar-refractivity contribution in [1.82, 2.24) is 5.32 Å². The molecule has 0 radical (unpaired) electrons. The van der Waals surface area contributed by atoms with Gasteiger partial charge in [-0.25, -0.2) is 0 Å². The highest BCUT2D eigenvalue weighted by molar-refractivity contribution is 6.44. The molecule has 0 heterocycles. The number of hydrogen-bond donors (Lipinski definition) is 1. The van der Waals surface area contributed by atoms with E-state index < -0.39 is 12.8 Å². The van der Waals surface area contributed by atoms with E-state index in [4.69, 9.17) is 34.8 Å². The summed E-state index contributed by atoms with van der Waals surface area (Å²) in [7, 11) is 0. The predicted molar refractivity (Wildman–Crippen MR) is 70.1 cm³/mol. The molecule has 0 aromatic heterocycles. The molecule has 8 heteroatoms. The van der Waals surface area contributed by atoms with E-state index in [9.17, 15) is 13.2 Å². The Kier molecular flexibility index (Phi) is 6.69. The molecule has 108 valence electrons. The molecule has 1 aromatic rings. The van der Waals surface area contributed by atoms with Gasteiger partial charge >= 0.3 is 6.18 Å². The minimum atomic E-state index is -4.31. The van der Waals surface area contributed by atoms with Crippen LogP contribution >= 0.6 is 34.8 Å². The summed E-state index contributed by atoms with van der Waals surface area (Å²) >= 11 is 17.7. The highest BCUT2D eigenvalue weighted by Crippen LogP contribution is 2.31. The summed E-state index contributed by atoms with van der Waals surface area (Å²) in [4.78, 5) is 0. The van der Waals surface area contributed by atoms with Gasteiger partial charge in [0.15, 0.2) is 0 Å². The summed E-state index contributed by atoms with van der Waals surface area (Å²) in [5.41, 5.74) is 0.603. The first kappa shape index (κ1) is 16.9. The van der Waals surface area contributed by atoms with Crippen molar-refractivity contribution in [3.63, 3.8) is 0 Å². The molecule has 19 heavy (non-hydrogen) atoms. The van der Waals surface area contributed by atoms with Gasteiger partial charge in [-0.3, -0.25) is 0 Å². The van der Waals surface area contributed by atoms with E-state index in [1.54, 1.807) is 12.1 Å².